The number of hydrogen-bond donors (Lipinski definition) is 1. The van der Waals surface area contributed by atoms with Crippen LogP contribution in [-0.2, 0) is 12.8 Å². The third kappa shape index (κ3) is 10.1. The van der Waals surface area contributed by atoms with E-state index in [9.17, 15) is 5.11 Å². The van der Waals surface area contributed by atoms with E-state index in [0.29, 0.717) is 13.2 Å². The van der Waals surface area contributed by atoms with E-state index in [1.165, 1.54) is 49.7 Å². The van der Waals surface area contributed by atoms with Crippen molar-refractivity contribution in [1.29, 1.82) is 0 Å². The molecule has 2 aromatic carbocycles. The van der Waals surface area contributed by atoms with E-state index >= 15 is 0 Å². The average Bonchev–Trinajstić information content (AvgIpc) is 2.66. The number of unbranched alkanes of at least 4 members (excludes halogenated alkanes) is 4. The lowest BCUT2D eigenvalue weighted by atomic mass is 10.0. The van der Waals surface area contributed by atoms with Gasteiger partial charge in [-0.05, 0) is 57.0 Å². The highest BCUT2D eigenvalue weighted by Crippen LogP contribution is 2.21. The van der Waals surface area contributed by atoms with Crippen molar-refractivity contribution in [3.8, 4) is 5.75 Å². The third-order valence-electron chi connectivity index (χ3n) is 4.73. The molecule has 156 valence electrons. The van der Waals surface area contributed by atoms with Gasteiger partial charge in [0.15, 0.2) is 0 Å². The number of halogens is 1. The van der Waals surface area contributed by atoms with Gasteiger partial charge in [0.2, 0.25) is 0 Å². The molecule has 0 radical (unpaired) electrons. The molecule has 2 aromatic rings. The molecule has 28 heavy (non-hydrogen) atoms. The number of nitrogens with zero attached hydrogens (tertiary/aromatic N) is 1. The molecule has 0 bridgehead atoms. The van der Waals surface area contributed by atoms with Crippen LogP contribution in [0.4, 0.5) is 0 Å². The Morgan fingerprint density at radius 3 is 2.14 bits per heavy atom. The van der Waals surface area contributed by atoms with E-state index in [2.05, 4.69) is 42.5 Å². The first-order chi connectivity index (χ1) is 13.1. The summed E-state index contributed by atoms with van der Waals surface area (Å²) in [5.41, 5.74) is 2.69. The summed E-state index contributed by atoms with van der Waals surface area (Å²) in [6.07, 6.45) is 8.07. The van der Waals surface area contributed by atoms with Crippen LogP contribution >= 0.6 is 12.4 Å². The van der Waals surface area contributed by atoms with Gasteiger partial charge in [0.05, 0.1) is 0 Å². The van der Waals surface area contributed by atoms with Crippen LogP contribution in [0.15, 0.2) is 54.6 Å². The number of aryl methyl sites for hydroxylation is 2. The van der Waals surface area contributed by atoms with E-state index in [4.69, 9.17) is 4.74 Å². The van der Waals surface area contributed by atoms with E-state index in [1.54, 1.807) is 0 Å². The van der Waals surface area contributed by atoms with Gasteiger partial charge in [-0.3, -0.25) is 0 Å². The maximum Gasteiger partial charge on any atom is 0.122 e. The van der Waals surface area contributed by atoms with Crippen LogP contribution in [0.25, 0.3) is 0 Å². The van der Waals surface area contributed by atoms with Gasteiger partial charge in [-0.2, -0.15) is 0 Å². The highest BCUT2D eigenvalue weighted by molar-refractivity contribution is 5.85. The maximum atomic E-state index is 9.98. The maximum absolute atomic E-state index is 9.98. The molecule has 0 aliphatic heterocycles. The molecule has 0 saturated heterocycles. The van der Waals surface area contributed by atoms with Gasteiger partial charge < -0.3 is 14.7 Å². The molecule has 2 rings (SSSR count). The topological polar surface area (TPSA) is 32.7 Å². The highest BCUT2D eigenvalue weighted by Gasteiger charge is 2.09. The summed E-state index contributed by atoms with van der Waals surface area (Å²) in [4.78, 5) is 1.97. The molecule has 1 atom stereocenters. The monoisotopic (exact) mass is 405 g/mol. The van der Waals surface area contributed by atoms with Gasteiger partial charge in [-0.1, -0.05) is 67.8 Å². The Labute approximate surface area is 177 Å². The van der Waals surface area contributed by atoms with Crippen molar-refractivity contribution in [3.05, 3.63) is 65.7 Å². The minimum atomic E-state index is -0.460. The minimum absolute atomic E-state index is 0. The quantitative estimate of drug-likeness (QED) is 0.468. The smallest absolute Gasteiger partial charge is 0.122 e. The molecule has 0 fully saturated rings. The van der Waals surface area contributed by atoms with Crippen LogP contribution in [0.2, 0.25) is 0 Å². The molecule has 4 heteroatoms. The van der Waals surface area contributed by atoms with Crippen LogP contribution < -0.4 is 4.74 Å². The van der Waals surface area contributed by atoms with Crippen molar-refractivity contribution in [2.24, 2.45) is 0 Å². The van der Waals surface area contributed by atoms with Crippen molar-refractivity contribution in [2.45, 2.75) is 51.0 Å². The van der Waals surface area contributed by atoms with Crippen molar-refractivity contribution >= 4 is 12.4 Å². The molecule has 0 aliphatic carbocycles. The molecule has 0 amide bonds. The normalized spacial score (nSPS) is 11.9. The zero-order valence-electron chi connectivity index (χ0n) is 17.3. The largest absolute Gasteiger partial charge is 0.491 e. The summed E-state index contributed by atoms with van der Waals surface area (Å²) in [6, 6.07) is 19.0. The fourth-order valence-electron chi connectivity index (χ4n) is 3.33. The van der Waals surface area contributed by atoms with Crippen LogP contribution in [0, 0.1) is 0 Å². The summed E-state index contributed by atoms with van der Waals surface area (Å²) in [6.45, 7) is 0.958. The Hall–Kier alpha value is -1.55. The molecule has 0 heterocycles. The van der Waals surface area contributed by atoms with Gasteiger partial charge in [-0.15, -0.1) is 12.4 Å². The number of ether oxygens (including phenoxy) is 1. The van der Waals surface area contributed by atoms with Gasteiger partial charge >= 0.3 is 0 Å². The summed E-state index contributed by atoms with van der Waals surface area (Å²) >= 11 is 0. The predicted octanol–water partition coefficient (Wildman–Crippen LogP) is 5.15. The van der Waals surface area contributed by atoms with Crippen LogP contribution in [0.5, 0.6) is 5.75 Å². The van der Waals surface area contributed by atoms with Gasteiger partial charge in [0.25, 0.3) is 0 Å². The average molecular weight is 406 g/mol. The molecule has 1 N–H and O–H groups in total. The first kappa shape index (κ1) is 24.5. The number of benzene rings is 2. The zero-order valence-corrected chi connectivity index (χ0v) is 18.2. The second kappa shape index (κ2) is 14.4. The first-order valence-corrected chi connectivity index (χ1v) is 10.2. The number of likely N-dealkylation sites (N-methyl/N-ethyl adjacent to an activating group) is 1. The van der Waals surface area contributed by atoms with Crippen LogP contribution in [0.3, 0.4) is 0 Å². The molecule has 1 unspecified atom stereocenters. The molecule has 0 aliphatic rings. The lowest BCUT2D eigenvalue weighted by Crippen LogP contribution is -2.30. The van der Waals surface area contributed by atoms with E-state index in [-0.39, 0.29) is 12.4 Å². The van der Waals surface area contributed by atoms with Crippen molar-refractivity contribution < 1.29 is 9.84 Å². The highest BCUT2D eigenvalue weighted by atomic mass is 35.5. The van der Waals surface area contributed by atoms with Gasteiger partial charge in [0.1, 0.15) is 18.5 Å². The number of hydrogen-bond acceptors (Lipinski definition) is 3. The first-order valence-electron chi connectivity index (χ1n) is 10.2. The van der Waals surface area contributed by atoms with Crippen molar-refractivity contribution in [2.75, 3.05) is 27.2 Å². The lowest BCUT2D eigenvalue weighted by molar-refractivity contribution is 0.0827. The summed E-state index contributed by atoms with van der Waals surface area (Å²) in [7, 11) is 3.91. The summed E-state index contributed by atoms with van der Waals surface area (Å²) in [5, 5.41) is 9.98. The fourth-order valence-corrected chi connectivity index (χ4v) is 3.33. The Morgan fingerprint density at radius 2 is 1.43 bits per heavy atom. The molecule has 0 spiro atoms. The van der Waals surface area contributed by atoms with Gasteiger partial charge in [-0.25, -0.2) is 0 Å². The summed E-state index contributed by atoms with van der Waals surface area (Å²) < 4.78 is 5.87. The molecule has 0 aromatic heterocycles. The van der Waals surface area contributed by atoms with Gasteiger partial charge in [0, 0.05) is 6.54 Å². The Kier molecular flexibility index (Phi) is 12.6. The second-order valence-electron chi connectivity index (χ2n) is 7.59. The third-order valence-corrected chi connectivity index (χ3v) is 4.73. The van der Waals surface area contributed by atoms with Crippen LogP contribution in [-0.4, -0.2) is 43.4 Å². The second-order valence-corrected chi connectivity index (χ2v) is 7.59. The Morgan fingerprint density at radius 1 is 0.821 bits per heavy atom. The van der Waals surface area contributed by atoms with Crippen molar-refractivity contribution in [1.82, 2.24) is 4.90 Å². The standard InChI is InChI=1S/C24H35NO2.ClH/c1-25(2)19-23(26)20-27-24-18-12-11-17-22(24)16-10-5-3-4-7-13-21-14-8-6-9-15-21;/h6,8-9,11-12,14-15,17-18,23,26H,3-5,7,10,13,16,19-20H2,1-2H3;1H. The number of para-hydroxylation sites is 1. The fraction of sp³-hybridized carbons (Fsp3) is 0.500. The number of rotatable bonds is 13. The number of aliphatic hydroxyl groups excluding tert-OH is 1. The molecule has 3 nitrogen and oxygen atoms in total. The van der Waals surface area contributed by atoms with Crippen LogP contribution in [0.1, 0.15) is 43.2 Å². The lowest BCUT2D eigenvalue weighted by Gasteiger charge is -2.18. The van der Waals surface area contributed by atoms with E-state index in [1.807, 2.05) is 31.1 Å². The summed E-state index contributed by atoms with van der Waals surface area (Å²) in [5.74, 6) is 0.916. The Bertz CT molecular complexity index is 634. The minimum Gasteiger partial charge on any atom is -0.491 e. The Balaban J connectivity index is 0.00000392. The SMILES string of the molecule is CN(C)CC(O)COc1ccccc1CCCCCCCc1ccccc1.Cl. The predicted molar refractivity (Wildman–Crippen MR) is 121 cm³/mol. The molecule has 0 saturated carbocycles. The molecular formula is C24H36ClNO2. The number of aliphatic hydroxyl groups is 1. The van der Waals surface area contributed by atoms with E-state index < -0.39 is 6.10 Å². The van der Waals surface area contributed by atoms with E-state index in [0.717, 1.165) is 12.2 Å². The van der Waals surface area contributed by atoms with Crippen molar-refractivity contribution in [3.63, 3.8) is 0 Å². The molecular weight excluding hydrogens is 370 g/mol. The zero-order chi connectivity index (χ0) is 19.3.